The van der Waals surface area contributed by atoms with Gasteiger partial charge in [-0.05, 0) is 66.1 Å². The van der Waals surface area contributed by atoms with E-state index in [-0.39, 0.29) is 18.1 Å². The molecule has 1 aromatic carbocycles. The standard InChI is InChI=1S/C21H22ClN7O3/c1-21(32,18-6-2-3-9-23-18)20(31)28-10-4-5-17(28)19(30)24-12-14-11-15(22)7-8-16(14)29-13-25-26-27-29/h2-3,6-9,11,13,17,32H,4-5,10,12H2,1H3,(H,24,30). The molecule has 0 saturated carbocycles. The van der Waals surface area contributed by atoms with E-state index in [1.165, 1.54) is 29.0 Å². The van der Waals surface area contributed by atoms with Crippen molar-refractivity contribution in [2.24, 2.45) is 0 Å². The van der Waals surface area contributed by atoms with Crippen LogP contribution in [0.2, 0.25) is 5.02 Å². The van der Waals surface area contributed by atoms with Crippen molar-refractivity contribution in [2.75, 3.05) is 6.54 Å². The zero-order chi connectivity index (χ0) is 22.7. The molecule has 3 heterocycles. The van der Waals surface area contributed by atoms with E-state index in [0.29, 0.717) is 30.1 Å². The van der Waals surface area contributed by atoms with Crippen molar-refractivity contribution in [2.45, 2.75) is 38.0 Å². The average Bonchev–Trinajstić information content (AvgIpc) is 3.50. The maximum Gasteiger partial charge on any atom is 0.261 e. The Morgan fingerprint density at radius 1 is 1.31 bits per heavy atom. The monoisotopic (exact) mass is 455 g/mol. The van der Waals surface area contributed by atoms with E-state index in [0.717, 1.165) is 5.56 Å². The minimum absolute atomic E-state index is 0.170. The van der Waals surface area contributed by atoms with Crippen LogP contribution in [0.25, 0.3) is 5.69 Å². The summed E-state index contributed by atoms with van der Waals surface area (Å²) in [6, 6.07) is 9.50. The van der Waals surface area contributed by atoms with Gasteiger partial charge >= 0.3 is 0 Å². The summed E-state index contributed by atoms with van der Waals surface area (Å²) in [6.45, 7) is 1.95. The fourth-order valence-electron chi connectivity index (χ4n) is 3.81. The summed E-state index contributed by atoms with van der Waals surface area (Å²) in [7, 11) is 0. The van der Waals surface area contributed by atoms with E-state index in [9.17, 15) is 14.7 Å². The van der Waals surface area contributed by atoms with Gasteiger partial charge in [0.05, 0.1) is 11.4 Å². The van der Waals surface area contributed by atoms with Crippen LogP contribution in [-0.2, 0) is 21.7 Å². The molecule has 10 nitrogen and oxygen atoms in total. The highest BCUT2D eigenvalue weighted by Crippen LogP contribution is 2.27. The predicted molar refractivity (Wildman–Crippen MR) is 115 cm³/mol. The molecule has 32 heavy (non-hydrogen) atoms. The molecular formula is C21H22ClN7O3. The smallest absolute Gasteiger partial charge is 0.261 e. The fraction of sp³-hybridized carbons (Fsp3) is 0.333. The Morgan fingerprint density at radius 2 is 2.16 bits per heavy atom. The van der Waals surface area contributed by atoms with E-state index in [4.69, 9.17) is 11.6 Å². The second kappa shape index (κ2) is 9.01. The van der Waals surface area contributed by atoms with Gasteiger partial charge in [0.15, 0.2) is 5.60 Å². The summed E-state index contributed by atoms with van der Waals surface area (Å²) < 4.78 is 1.48. The summed E-state index contributed by atoms with van der Waals surface area (Å²) in [5.41, 5.74) is -0.197. The maximum atomic E-state index is 13.1. The molecular weight excluding hydrogens is 434 g/mol. The molecule has 3 aromatic rings. The highest BCUT2D eigenvalue weighted by molar-refractivity contribution is 6.30. The molecule has 0 bridgehead atoms. The second-order valence-electron chi connectivity index (χ2n) is 7.69. The normalized spacial score (nSPS) is 17.7. The van der Waals surface area contributed by atoms with Crippen LogP contribution in [-0.4, -0.2) is 59.6 Å². The SMILES string of the molecule is CC(O)(C(=O)N1CCCC1C(=O)NCc1cc(Cl)ccc1-n1cnnn1)c1ccccn1. The van der Waals surface area contributed by atoms with Crippen LogP contribution in [0, 0.1) is 0 Å². The lowest BCUT2D eigenvalue weighted by Gasteiger charge is -2.31. The number of aromatic nitrogens is 5. The van der Waals surface area contributed by atoms with Gasteiger partial charge in [-0.15, -0.1) is 5.10 Å². The maximum absolute atomic E-state index is 13.1. The quantitative estimate of drug-likeness (QED) is 0.572. The molecule has 1 saturated heterocycles. The first kappa shape index (κ1) is 21.8. The van der Waals surface area contributed by atoms with Gasteiger partial charge in [0.1, 0.15) is 12.4 Å². The van der Waals surface area contributed by atoms with Gasteiger partial charge in [0.25, 0.3) is 5.91 Å². The lowest BCUT2D eigenvalue weighted by Crippen LogP contribution is -2.52. The molecule has 2 unspecified atom stereocenters. The Kier molecular flexibility index (Phi) is 6.15. The first-order chi connectivity index (χ1) is 15.4. The Hall–Kier alpha value is -3.37. The first-order valence-electron chi connectivity index (χ1n) is 10.1. The Labute approximate surface area is 189 Å². The molecule has 1 aliphatic rings. The minimum atomic E-state index is -1.83. The van der Waals surface area contributed by atoms with Crippen LogP contribution < -0.4 is 5.32 Å². The van der Waals surface area contributed by atoms with Crippen molar-refractivity contribution in [1.29, 1.82) is 0 Å². The summed E-state index contributed by atoms with van der Waals surface area (Å²) in [5, 5.41) is 25.4. The number of amides is 2. The number of nitrogens with zero attached hydrogens (tertiary/aromatic N) is 6. The molecule has 2 N–H and O–H groups in total. The van der Waals surface area contributed by atoms with E-state index < -0.39 is 17.6 Å². The number of hydrogen-bond acceptors (Lipinski definition) is 7. The van der Waals surface area contributed by atoms with Crippen LogP contribution in [0.1, 0.15) is 31.0 Å². The van der Waals surface area contributed by atoms with Gasteiger partial charge in [-0.25, -0.2) is 4.68 Å². The van der Waals surface area contributed by atoms with Gasteiger partial charge < -0.3 is 15.3 Å². The number of pyridine rings is 1. The largest absolute Gasteiger partial charge is 0.374 e. The number of halogens is 1. The molecule has 2 atom stereocenters. The van der Waals surface area contributed by atoms with E-state index in [1.54, 1.807) is 36.4 Å². The lowest BCUT2D eigenvalue weighted by atomic mass is 9.99. The molecule has 0 radical (unpaired) electrons. The average molecular weight is 456 g/mol. The molecule has 0 aliphatic carbocycles. The zero-order valence-electron chi connectivity index (χ0n) is 17.3. The van der Waals surface area contributed by atoms with Gasteiger partial charge in [-0.2, -0.15) is 0 Å². The van der Waals surface area contributed by atoms with E-state index in [2.05, 4.69) is 25.8 Å². The van der Waals surface area contributed by atoms with Gasteiger partial charge in [-0.3, -0.25) is 14.6 Å². The fourth-order valence-corrected chi connectivity index (χ4v) is 4.01. The molecule has 2 amide bonds. The summed E-state index contributed by atoms with van der Waals surface area (Å²) in [5.74, 6) is -0.860. The van der Waals surface area contributed by atoms with Crippen molar-refractivity contribution >= 4 is 23.4 Å². The third kappa shape index (κ3) is 4.32. The molecule has 4 rings (SSSR count). The van der Waals surface area contributed by atoms with Crippen LogP contribution in [0.5, 0.6) is 0 Å². The van der Waals surface area contributed by atoms with Crippen molar-refractivity contribution in [3.05, 3.63) is 65.2 Å². The highest BCUT2D eigenvalue weighted by Gasteiger charge is 2.43. The topological polar surface area (TPSA) is 126 Å². The van der Waals surface area contributed by atoms with Crippen molar-refractivity contribution in [3.8, 4) is 5.69 Å². The van der Waals surface area contributed by atoms with E-state index in [1.807, 2.05) is 0 Å². The first-order valence-corrected chi connectivity index (χ1v) is 10.5. The van der Waals surface area contributed by atoms with Crippen molar-refractivity contribution in [3.63, 3.8) is 0 Å². The highest BCUT2D eigenvalue weighted by atomic mass is 35.5. The van der Waals surface area contributed by atoms with Crippen molar-refractivity contribution in [1.82, 2.24) is 35.4 Å². The predicted octanol–water partition coefficient (Wildman–Crippen LogP) is 1.23. The zero-order valence-corrected chi connectivity index (χ0v) is 18.1. The summed E-state index contributed by atoms with van der Waals surface area (Å²) >= 11 is 6.13. The lowest BCUT2D eigenvalue weighted by molar-refractivity contribution is -0.154. The number of carbonyl (C=O) groups is 2. The molecule has 1 fully saturated rings. The van der Waals surface area contributed by atoms with Gasteiger partial charge in [-0.1, -0.05) is 17.7 Å². The van der Waals surface area contributed by atoms with Crippen LogP contribution in [0.3, 0.4) is 0 Å². The number of tetrazole rings is 1. The number of carbonyl (C=O) groups excluding carboxylic acids is 2. The second-order valence-corrected chi connectivity index (χ2v) is 8.13. The number of likely N-dealkylation sites (tertiary alicyclic amines) is 1. The number of aliphatic hydroxyl groups is 1. The van der Waals surface area contributed by atoms with Crippen LogP contribution in [0.4, 0.5) is 0 Å². The van der Waals surface area contributed by atoms with Gasteiger partial charge in [0, 0.05) is 24.3 Å². The molecule has 0 spiro atoms. The van der Waals surface area contributed by atoms with Crippen LogP contribution in [0.15, 0.2) is 48.9 Å². The molecule has 1 aliphatic heterocycles. The molecule has 166 valence electrons. The number of rotatable bonds is 6. The Bertz CT molecular complexity index is 1110. The minimum Gasteiger partial charge on any atom is -0.374 e. The third-order valence-electron chi connectivity index (χ3n) is 5.49. The van der Waals surface area contributed by atoms with Gasteiger partial charge in [0.2, 0.25) is 5.91 Å². The molecule has 11 heteroatoms. The number of nitrogens with one attached hydrogen (secondary N) is 1. The van der Waals surface area contributed by atoms with Crippen molar-refractivity contribution < 1.29 is 14.7 Å². The number of hydrogen-bond donors (Lipinski definition) is 2. The number of benzene rings is 1. The summed E-state index contributed by atoms with van der Waals surface area (Å²) in [6.07, 6.45) is 4.13. The Morgan fingerprint density at radius 3 is 2.88 bits per heavy atom. The Balaban J connectivity index is 1.48. The van der Waals surface area contributed by atoms with Crippen LogP contribution >= 0.6 is 11.6 Å². The summed E-state index contributed by atoms with van der Waals surface area (Å²) in [4.78, 5) is 31.6. The third-order valence-corrected chi connectivity index (χ3v) is 5.72. The molecule has 2 aromatic heterocycles. The van der Waals surface area contributed by atoms with E-state index >= 15 is 0 Å².